The minimum atomic E-state index is -0.393. The van der Waals surface area contributed by atoms with Gasteiger partial charge in [-0.3, -0.25) is 9.69 Å². The third-order valence-corrected chi connectivity index (χ3v) is 3.59. The standard InChI is InChI=1S/C13H17ClN2O2/c1-9-12(13(15)17)16(6-7-18-9)8-10-4-2-3-5-11(10)14/h2-5,9,12H,6-8H2,1H3,(H2,15,17)/t9-,12+/m1/s1. The molecule has 5 heteroatoms. The molecule has 1 fully saturated rings. The quantitative estimate of drug-likeness (QED) is 0.902. The Hall–Kier alpha value is -1.10. The van der Waals surface area contributed by atoms with Crippen LogP contribution in [0.25, 0.3) is 0 Å². The van der Waals surface area contributed by atoms with Crippen LogP contribution >= 0.6 is 11.6 Å². The van der Waals surface area contributed by atoms with Crippen molar-refractivity contribution >= 4 is 17.5 Å². The van der Waals surface area contributed by atoms with Crippen molar-refractivity contribution in [1.82, 2.24) is 4.90 Å². The fraction of sp³-hybridized carbons (Fsp3) is 0.462. The molecule has 4 nitrogen and oxygen atoms in total. The zero-order chi connectivity index (χ0) is 13.1. The molecule has 0 unspecified atom stereocenters. The topological polar surface area (TPSA) is 55.6 Å². The average Bonchev–Trinajstić information content (AvgIpc) is 2.31. The molecule has 1 aromatic carbocycles. The lowest BCUT2D eigenvalue weighted by Crippen LogP contribution is -2.56. The number of morpholine rings is 1. The van der Waals surface area contributed by atoms with Crippen molar-refractivity contribution < 1.29 is 9.53 Å². The molecule has 2 N–H and O–H groups in total. The van der Waals surface area contributed by atoms with E-state index in [0.717, 1.165) is 5.56 Å². The SMILES string of the molecule is C[C@H]1OCCN(Cc2ccccc2Cl)[C@@H]1C(N)=O. The lowest BCUT2D eigenvalue weighted by atomic mass is 10.1. The molecule has 1 saturated heterocycles. The molecule has 0 radical (unpaired) electrons. The van der Waals surface area contributed by atoms with E-state index in [1.54, 1.807) is 0 Å². The maximum absolute atomic E-state index is 11.5. The first-order chi connectivity index (χ1) is 8.59. The number of nitrogens with zero attached hydrogens (tertiary/aromatic N) is 1. The fourth-order valence-corrected chi connectivity index (χ4v) is 2.51. The van der Waals surface area contributed by atoms with Gasteiger partial charge in [0.1, 0.15) is 6.04 Å². The maximum Gasteiger partial charge on any atom is 0.237 e. The van der Waals surface area contributed by atoms with Crippen molar-refractivity contribution in [3.63, 3.8) is 0 Å². The van der Waals surface area contributed by atoms with Gasteiger partial charge in [0.05, 0.1) is 12.7 Å². The van der Waals surface area contributed by atoms with Gasteiger partial charge in [0, 0.05) is 18.1 Å². The summed E-state index contributed by atoms with van der Waals surface area (Å²) < 4.78 is 5.47. The number of hydrogen-bond donors (Lipinski definition) is 1. The van der Waals surface area contributed by atoms with E-state index < -0.39 is 6.04 Å². The molecule has 1 aliphatic heterocycles. The highest BCUT2D eigenvalue weighted by atomic mass is 35.5. The van der Waals surface area contributed by atoms with Crippen molar-refractivity contribution in [2.75, 3.05) is 13.2 Å². The molecule has 1 aliphatic rings. The number of nitrogens with two attached hydrogens (primary N) is 1. The van der Waals surface area contributed by atoms with Crippen LogP contribution in [0.1, 0.15) is 12.5 Å². The van der Waals surface area contributed by atoms with Crippen LogP contribution in [0.15, 0.2) is 24.3 Å². The largest absolute Gasteiger partial charge is 0.375 e. The van der Waals surface area contributed by atoms with Gasteiger partial charge >= 0.3 is 0 Å². The Morgan fingerprint density at radius 3 is 2.94 bits per heavy atom. The van der Waals surface area contributed by atoms with Crippen LogP contribution in [0, 0.1) is 0 Å². The number of carbonyl (C=O) groups is 1. The van der Waals surface area contributed by atoms with Crippen molar-refractivity contribution in [3.05, 3.63) is 34.9 Å². The Morgan fingerprint density at radius 2 is 2.28 bits per heavy atom. The van der Waals surface area contributed by atoms with E-state index in [0.29, 0.717) is 24.7 Å². The average molecular weight is 269 g/mol. The van der Waals surface area contributed by atoms with Crippen molar-refractivity contribution in [1.29, 1.82) is 0 Å². The molecule has 0 saturated carbocycles. The molecule has 0 bridgehead atoms. The van der Waals surface area contributed by atoms with Gasteiger partial charge in [0.25, 0.3) is 0 Å². The van der Waals surface area contributed by atoms with Crippen LogP contribution in [0.3, 0.4) is 0 Å². The Balaban J connectivity index is 2.16. The van der Waals surface area contributed by atoms with E-state index in [-0.39, 0.29) is 12.0 Å². The van der Waals surface area contributed by atoms with Crippen LogP contribution in [-0.4, -0.2) is 36.1 Å². The normalized spacial score (nSPS) is 25.0. The smallest absolute Gasteiger partial charge is 0.237 e. The third kappa shape index (κ3) is 2.83. The van der Waals surface area contributed by atoms with Crippen molar-refractivity contribution in [2.24, 2.45) is 5.73 Å². The zero-order valence-electron chi connectivity index (χ0n) is 10.3. The Kier molecular flexibility index (Phi) is 4.22. The number of primary amides is 1. The summed E-state index contributed by atoms with van der Waals surface area (Å²) in [6.07, 6.45) is -0.182. The Morgan fingerprint density at radius 1 is 1.56 bits per heavy atom. The van der Waals surface area contributed by atoms with Gasteiger partial charge in [0.2, 0.25) is 5.91 Å². The summed E-state index contributed by atoms with van der Waals surface area (Å²) in [7, 11) is 0. The second-order valence-electron chi connectivity index (χ2n) is 4.49. The van der Waals surface area contributed by atoms with Gasteiger partial charge in [-0.1, -0.05) is 29.8 Å². The van der Waals surface area contributed by atoms with E-state index in [2.05, 4.69) is 0 Å². The minimum Gasteiger partial charge on any atom is -0.375 e. The first-order valence-electron chi connectivity index (χ1n) is 5.98. The molecule has 2 rings (SSSR count). The number of ether oxygens (including phenoxy) is 1. The van der Waals surface area contributed by atoms with E-state index in [4.69, 9.17) is 22.1 Å². The molecule has 0 aliphatic carbocycles. The van der Waals surface area contributed by atoms with Crippen LogP contribution in [0.4, 0.5) is 0 Å². The second kappa shape index (κ2) is 5.69. The number of halogens is 1. The molecule has 2 atom stereocenters. The molecule has 0 aromatic heterocycles. The summed E-state index contributed by atoms with van der Waals surface area (Å²) in [4.78, 5) is 13.5. The molecule has 1 aromatic rings. The van der Waals surface area contributed by atoms with E-state index in [1.807, 2.05) is 36.1 Å². The lowest BCUT2D eigenvalue weighted by molar-refractivity contribution is -0.136. The van der Waals surface area contributed by atoms with Gasteiger partial charge in [-0.15, -0.1) is 0 Å². The van der Waals surface area contributed by atoms with E-state index in [1.165, 1.54) is 0 Å². The summed E-state index contributed by atoms with van der Waals surface area (Å²) >= 11 is 6.13. The van der Waals surface area contributed by atoms with Gasteiger partial charge in [-0.2, -0.15) is 0 Å². The van der Waals surface area contributed by atoms with E-state index in [9.17, 15) is 4.79 Å². The molecular formula is C13H17ClN2O2. The van der Waals surface area contributed by atoms with Gasteiger partial charge in [-0.05, 0) is 18.6 Å². The van der Waals surface area contributed by atoms with Crippen molar-refractivity contribution in [2.45, 2.75) is 25.6 Å². The molecule has 1 heterocycles. The molecule has 1 amide bonds. The van der Waals surface area contributed by atoms with Crippen LogP contribution in [0.2, 0.25) is 5.02 Å². The monoisotopic (exact) mass is 268 g/mol. The lowest BCUT2D eigenvalue weighted by Gasteiger charge is -2.38. The van der Waals surface area contributed by atoms with E-state index >= 15 is 0 Å². The zero-order valence-corrected chi connectivity index (χ0v) is 11.1. The Labute approximate surface area is 112 Å². The van der Waals surface area contributed by atoms with Crippen molar-refractivity contribution in [3.8, 4) is 0 Å². The highest BCUT2D eigenvalue weighted by molar-refractivity contribution is 6.31. The minimum absolute atomic E-state index is 0.182. The summed E-state index contributed by atoms with van der Waals surface area (Å²) in [6.45, 7) is 3.77. The number of amides is 1. The van der Waals surface area contributed by atoms with Gasteiger partial charge in [-0.25, -0.2) is 0 Å². The highest BCUT2D eigenvalue weighted by Crippen LogP contribution is 2.21. The third-order valence-electron chi connectivity index (χ3n) is 3.22. The predicted molar refractivity (Wildman–Crippen MR) is 70.3 cm³/mol. The molecular weight excluding hydrogens is 252 g/mol. The molecule has 0 spiro atoms. The number of hydrogen-bond acceptors (Lipinski definition) is 3. The predicted octanol–water partition coefficient (Wildman–Crippen LogP) is 1.41. The number of benzene rings is 1. The van der Waals surface area contributed by atoms with Crippen LogP contribution < -0.4 is 5.73 Å². The van der Waals surface area contributed by atoms with Gasteiger partial charge in [0.15, 0.2) is 0 Å². The number of rotatable bonds is 3. The summed E-state index contributed by atoms with van der Waals surface area (Å²) in [5.74, 6) is -0.353. The van der Waals surface area contributed by atoms with Crippen LogP contribution in [0.5, 0.6) is 0 Å². The second-order valence-corrected chi connectivity index (χ2v) is 4.89. The molecule has 18 heavy (non-hydrogen) atoms. The Bertz CT molecular complexity index is 439. The highest BCUT2D eigenvalue weighted by Gasteiger charge is 2.33. The summed E-state index contributed by atoms with van der Waals surface area (Å²) in [6, 6.07) is 7.24. The van der Waals surface area contributed by atoms with Gasteiger partial charge < -0.3 is 10.5 Å². The first kappa shape index (κ1) is 13.3. The summed E-state index contributed by atoms with van der Waals surface area (Å²) in [5.41, 5.74) is 6.45. The maximum atomic E-state index is 11.5. The number of carbonyl (C=O) groups excluding carboxylic acids is 1. The summed E-state index contributed by atoms with van der Waals surface area (Å²) in [5, 5.41) is 0.708. The first-order valence-corrected chi connectivity index (χ1v) is 6.36. The fourth-order valence-electron chi connectivity index (χ4n) is 2.32. The molecule has 98 valence electrons. The van der Waals surface area contributed by atoms with Crippen LogP contribution in [-0.2, 0) is 16.1 Å².